The monoisotopic (exact) mass is 368 g/mol. The Morgan fingerprint density at radius 2 is 1.54 bits per heavy atom. The normalized spacial score (nSPS) is 11.0. The summed E-state index contributed by atoms with van der Waals surface area (Å²) < 4.78 is 48.3. The SMILES string of the molecule is COc1ccc(CNC(=O)NCc2cccc(C(F)(F)F)c2)cc1OC. The molecule has 0 bridgehead atoms. The van der Waals surface area contributed by atoms with Gasteiger partial charge in [-0.1, -0.05) is 18.2 Å². The lowest BCUT2D eigenvalue weighted by Crippen LogP contribution is -2.34. The largest absolute Gasteiger partial charge is 0.493 e. The van der Waals surface area contributed by atoms with Crippen LogP contribution < -0.4 is 20.1 Å². The lowest BCUT2D eigenvalue weighted by atomic mass is 10.1. The Morgan fingerprint density at radius 3 is 2.12 bits per heavy atom. The fourth-order valence-corrected chi connectivity index (χ4v) is 2.28. The lowest BCUT2D eigenvalue weighted by Gasteiger charge is -2.12. The zero-order chi connectivity index (χ0) is 19.2. The van der Waals surface area contributed by atoms with Crippen molar-refractivity contribution in [2.24, 2.45) is 0 Å². The average Bonchev–Trinajstić information content (AvgIpc) is 2.64. The number of alkyl halides is 3. The number of amides is 2. The molecule has 0 aliphatic carbocycles. The second-order valence-electron chi connectivity index (χ2n) is 5.42. The van der Waals surface area contributed by atoms with Crippen LogP contribution in [0.25, 0.3) is 0 Å². The highest BCUT2D eigenvalue weighted by atomic mass is 19.4. The van der Waals surface area contributed by atoms with Crippen molar-refractivity contribution in [3.05, 3.63) is 59.2 Å². The minimum atomic E-state index is -4.41. The standard InChI is InChI=1S/C18H19F3N2O3/c1-25-15-7-6-13(9-16(15)26-2)11-23-17(24)22-10-12-4-3-5-14(8-12)18(19,20)21/h3-9H,10-11H2,1-2H3,(H2,22,23,24). The molecular formula is C18H19F3N2O3. The van der Waals surface area contributed by atoms with E-state index in [4.69, 9.17) is 9.47 Å². The molecule has 0 aromatic heterocycles. The first-order chi connectivity index (χ1) is 12.3. The Kier molecular flexibility index (Phi) is 6.32. The highest BCUT2D eigenvalue weighted by Gasteiger charge is 2.30. The summed E-state index contributed by atoms with van der Waals surface area (Å²) in [5.41, 5.74) is 0.403. The molecule has 26 heavy (non-hydrogen) atoms. The Hall–Kier alpha value is -2.90. The van der Waals surface area contributed by atoms with Crippen molar-refractivity contribution >= 4 is 6.03 Å². The third kappa shape index (κ3) is 5.30. The smallest absolute Gasteiger partial charge is 0.416 e. The number of rotatable bonds is 6. The van der Waals surface area contributed by atoms with Gasteiger partial charge in [-0.25, -0.2) is 4.79 Å². The van der Waals surface area contributed by atoms with Gasteiger partial charge in [0, 0.05) is 13.1 Å². The lowest BCUT2D eigenvalue weighted by molar-refractivity contribution is -0.137. The van der Waals surface area contributed by atoms with Crippen molar-refractivity contribution < 1.29 is 27.4 Å². The Labute approximate surface area is 149 Å². The average molecular weight is 368 g/mol. The maximum atomic E-state index is 12.7. The molecule has 0 saturated carbocycles. The summed E-state index contributed by atoms with van der Waals surface area (Å²) in [4.78, 5) is 11.8. The van der Waals surface area contributed by atoms with Crippen molar-refractivity contribution in [2.45, 2.75) is 19.3 Å². The molecule has 0 aliphatic heterocycles. The van der Waals surface area contributed by atoms with Gasteiger partial charge < -0.3 is 20.1 Å². The number of hydrogen-bond donors (Lipinski definition) is 2. The molecule has 0 heterocycles. The van der Waals surface area contributed by atoms with Crippen molar-refractivity contribution in [1.82, 2.24) is 10.6 Å². The molecule has 2 aromatic carbocycles. The number of ether oxygens (including phenoxy) is 2. The van der Waals surface area contributed by atoms with Crippen LogP contribution in [-0.4, -0.2) is 20.3 Å². The number of nitrogens with one attached hydrogen (secondary N) is 2. The fourth-order valence-electron chi connectivity index (χ4n) is 2.28. The van der Waals surface area contributed by atoms with Gasteiger partial charge in [-0.3, -0.25) is 0 Å². The topological polar surface area (TPSA) is 59.6 Å². The summed E-state index contributed by atoms with van der Waals surface area (Å²) in [6, 6.07) is 9.55. The van der Waals surface area contributed by atoms with Gasteiger partial charge in [0.05, 0.1) is 19.8 Å². The van der Waals surface area contributed by atoms with Crippen LogP contribution in [0.4, 0.5) is 18.0 Å². The fraction of sp³-hybridized carbons (Fsp3) is 0.278. The maximum Gasteiger partial charge on any atom is 0.416 e. The molecule has 0 saturated heterocycles. The van der Waals surface area contributed by atoms with Gasteiger partial charge in [0.15, 0.2) is 11.5 Å². The molecular weight excluding hydrogens is 349 g/mol. The Balaban J connectivity index is 1.88. The molecule has 0 radical (unpaired) electrons. The second-order valence-corrected chi connectivity index (χ2v) is 5.42. The second kappa shape index (κ2) is 8.46. The zero-order valence-electron chi connectivity index (χ0n) is 14.3. The molecule has 5 nitrogen and oxygen atoms in total. The molecule has 0 spiro atoms. The quantitative estimate of drug-likeness (QED) is 0.817. The molecule has 2 rings (SSSR count). The Bertz CT molecular complexity index is 764. The first kappa shape index (κ1) is 19.4. The number of hydrogen-bond acceptors (Lipinski definition) is 3. The summed E-state index contributed by atoms with van der Waals surface area (Å²) in [6.45, 7) is 0.219. The predicted octanol–water partition coefficient (Wildman–Crippen LogP) is 3.72. The van der Waals surface area contributed by atoms with Gasteiger partial charge in [-0.05, 0) is 35.4 Å². The Morgan fingerprint density at radius 1 is 0.923 bits per heavy atom. The third-order valence-corrected chi connectivity index (χ3v) is 3.61. The van der Waals surface area contributed by atoms with Gasteiger partial charge in [0.25, 0.3) is 0 Å². The van der Waals surface area contributed by atoms with E-state index < -0.39 is 17.8 Å². The van der Waals surface area contributed by atoms with Crippen LogP contribution in [-0.2, 0) is 19.3 Å². The molecule has 0 fully saturated rings. The van der Waals surface area contributed by atoms with E-state index in [1.54, 1.807) is 18.2 Å². The summed E-state index contributed by atoms with van der Waals surface area (Å²) in [5.74, 6) is 1.11. The highest BCUT2D eigenvalue weighted by Crippen LogP contribution is 2.29. The number of urea groups is 1. The number of methoxy groups -OCH3 is 2. The van der Waals surface area contributed by atoms with E-state index in [0.717, 1.165) is 17.7 Å². The van der Waals surface area contributed by atoms with Crippen LogP contribution in [0.2, 0.25) is 0 Å². The molecule has 140 valence electrons. The maximum absolute atomic E-state index is 12.7. The first-order valence-electron chi connectivity index (χ1n) is 7.72. The van der Waals surface area contributed by atoms with Crippen molar-refractivity contribution in [3.63, 3.8) is 0 Å². The molecule has 8 heteroatoms. The zero-order valence-corrected chi connectivity index (χ0v) is 14.3. The van der Waals surface area contributed by atoms with Crippen LogP contribution in [0, 0.1) is 0 Å². The van der Waals surface area contributed by atoms with Crippen LogP contribution in [0.15, 0.2) is 42.5 Å². The van der Waals surface area contributed by atoms with Gasteiger partial charge in [-0.2, -0.15) is 13.2 Å². The molecule has 2 amide bonds. The van der Waals surface area contributed by atoms with Crippen LogP contribution in [0.3, 0.4) is 0 Å². The molecule has 0 atom stereocenters. The number of halogens is 3. The summed E-state index contributed by atoms with van der Waals surface area (Å²) in [5, 5.41) is 5.16. The van der Waals surface area contributed by atoms with E-state index in [9.17, 15) is 18.0 Å². The number of carbonyl (C=O) groups is 1. The first-order valence-corrected chi connectivity index (χ1v) is 7.72. The van der Waals surface area contributed by atoms with Crippen molar-refractivity contribution in [2.75, 3.05) is 14.2 Å². The third-order valence-electron chi connectivity index (χ3n) is 3.61. The molecule has 0 aliphatic rings. The minimum Gasteiger partial charge on any atom is -0.493 e. The minimum absolute atomic E-state index is 0.0122. The van der Waals surface area contributed by atoms with E-state index in [0.29, 0.717) is 17.1 Å². The van der Waals surface area contributed by atoms with E-state index >= 15 is 0 Å². The molecule has 2 N–H and O–H groups in total. The van der Waals surface area contributed by atoms with E-state index in [1.807, 2.05) is 0 Å². The van der Waals surface area contributed by atoms with Crippen LogP contribution in [0.5, 0.6) is 11.5 Å². The predicted molar refractivity (Wildman–Crippen MR) is 90.1 cm³/mol. The highest BCUT2D eigenvalue weighted by molar-refractivity contribution is 5.73. The van der Waals surface area contributed by atoms with Crippen LogP contribution >= 0.6 is 0 Å². The van der Waals surface area contributed by atoms with E-state index in [2.05, 4.69) is 10.6 Å². The van der Waals surface area contributed by atoms with E-state index in [-0.39, 0.29) is 13.1 Å². The van der Waals surface area contributed by atoms with Crippen molar-refractivity contribution in [3.8, 4) is 11.5 Å². The van der Waals surface area contributed by atoms with Gasteiger partial charge in [0.2, 0.25) is 0 Å². The van der Waals surface area contributed by atoms with E-state index in [1.165, 1.54) is 26.4 Å². The summed E-state index contributed by atoms with van der Waals surface area (Å²) in [6.07, 6.45) is -4.41. The van der Waals surface area contributed by atoms with Crippen LogP contribution in [0.1, 0.15) is 16.7 Å². The van der Waals surface area contributed by atoms with Gasteiger partial charge >= 0.3 is 12.2 Å². The van der Waals surface area contributed by atoms with Gasteiger partial charge in [-0.15, -0.1) is 0 Å². The molecule has 2 aromatic rings. The van der Waals surface area contributed by atoms with Gasteiger partial charge in [0.1, 0.15) is 0 Å². The summed E-state index contributed by atoms with van der Waals surface area (Å²) >= 11 is 0. The molecule has 0 unspecified atom stereocenters. The summed E-state index contributed by atoms with van der Waals surface area (Å²) in [7, 11) is 3.04. The number of benzene rings is 2. The van der Waals surface area contributed by atoms with Crippen molar-refractivity contribution in [1.29, 1.82) is 0 Å². The number of carbonyl (C=O) groups excluding carboxylic acids is 1.